The molecule has 4 rings (SSSR count). The van der Waals surface area contributed by atoms with Gasteiger partial charge in [-0.05, 0) is 19.2 Å². The third-order valence-electron chi connectivity index (χ3n) is 5.29. The first kappa shape index (κ1) is 17.1. The van der Waals surface area contributed by atoms with Gasteiger partial charge in [-0.15, -0.1) is 0 Å². The molecule has 0 amide bonds. The summed E-state index contributed by atoms with van der Waals surface area (Å²) in [5.41, 5.74) is -2.42. The Labute approximate surface area is 147 Å². The van der Waals surface area contributed by atoms with Crippen LogP contribution < -0.4 is 4.74 Å². The van der Waals surface area contributed by atoms with Crippen molar-refractivity contribution in [1.82, 2.24) is 9.88 Å². The number of aliphatic hydroxyl groups excluding tert-OH is 2. The van der Waals surface area contributed by atoms with Crippen molar-refractivity contribution < 1.29 is 38.4 Å². The van der Waals surface area contributed by atoms with E-state index < -0.39 is 41.5 Å². The van der Waals surface area contributed by atoms with Crippen molar-refractivity contribution in [3.05, 3.63) is 24.3 Å². The lowest BCUT2D eigenvalue weighted by Gasteiger charge is -2.39. The lowest BCUT2D eigenvalue weighted by atomic mass is 10.1. The van der Waals surface area contributed by atoms with Crippen LogP contribution in [-0.2, 0) is 19.1 Å². The van der Waals surface area contributed by atoms with Crippen LogP contribution in [0, 0.1) is 11.9 Å². The van der Waals surface area contributed by atoms with Crippen molar-refractivity contribution in [2.24, 2.45) is 5.92 Å². The van der Waals surface area contributed by atoms with Crippen LogP contribution in [0.25, 0.3) is 0 Å². The second-order valence-electron chi connectivity index (χ2n) is 6.77. The highest BCUT2D eigenvalue weighted by Crippen LogP contribution is 2.62. The Hall–Kier alpha value is -2.30. The largest absolute Gasteiger partial charge is 0.483 e. The first-order valence-corrected chi connectivity index (χ1v) is 8.08. The van der Waals surface area contributed by atoms with Crippen LogP contribution in [0.1, 0.15) is 12.8 Å². The molecule has 2 bridgehead atoms. The normalized spacial score (nSPS) is 39.2. The second kappa shape index (κ2) is 5.60. The van der Waals surface area contributed by atoms with Gasteiger partial charge in [-0.1, -0.05) is 0 Å². The number of halogens is 1. The van der Waals surface area contributed by atoms with Crippen molar-refractivity contribution in [2.75, 3.05) is 13.7 Å². The second-order valence-corrected chi connectivity index (χ2v) is 6.77. The summed E-state index contributed by atoms with van der Waals surface area (Å²) in [6.07, 6.45) is -2.09. The van der Waals surface area contributed by atoms with E-state index in [1.807, 2.05) is 0 Å². The van der Waals surface area contributed by atoms with Crippen molar-refractivity contribution in [2.45, 2.75) is 36.5 Å². The molecule has 140 valence electrons. The summed E-state index contributed by atoms with van der Waals surface area (Å²) in [6.45, 7) is -0.267. The first-order valence-electron chi connectivity index (χ1n) is 8.08. The number of hydrogen-bond acceptors (Lipinski definition) is 9. The maximum Gasteiger partial charge on any atom is 0.340 e. The Bertz CT molecular complexity index is 777. The zero-order valence-corrected chi connectivity index (χ0v) is 13.8. The minimum atomic E-state index is -2.09. The number of nitrogens with zero attached hydrogens (tertiary/aromatic N) is 2. The minimum absolute atomic E-state index is 0.126. The molecule has 0 radical (unpaired) electrons. The number of fused-ring (bicyclic) bond motifs is 1. The van der Waals surface area contributed by atoms with E-state index in [1.165, 1.54) is 18.3 Å². The fourth-order valence-corrected chi connectivity index (χ4v) is 3.70. The SMILES string of the molecule is CN1C2(COc3cccnc3F)CC3CC31OC(=O)C(O)C(O)C(=O)O2. The summed E-state index contributed by atoms with van der Waals surface area (Å²) >= 11 is 0. The smallest absolute Gasteiger partial charge is 0.340 e. The summed E-state index contributed by atoms with van der Waals surface area (Å²) < 4.78 is 30.0. The molecule has 2 aliphatic heterocycles. The molecule has 1 aliphatic carbocycles. The molecule has 5 atom stereocenters. The molecule has 10 heteroatoms. The van der Waals surface area contributed by atoms with Crippen molar-refractivity contribution >= 4 is 11.9 Å². The van der Waals surface area contributed by atoms with Crippen LogP contribution in [0.15, 0.2) is 18.3 Å². The molecule has 3 aliphatic rings. The van der Waals surface area contributed by atoms with E-state index in [-0.39, 0.29) is 24.7 Å². The van der Waals surface area contributed by atoms with Gasteiger partial charge < -0.3 is 24.4 Å². The summed E-state index contributed by atoms with van der Waals surface area (Å²) in [5, 5.41) is 19.6. The summed E-state index contributed by atoms with van der Waals surface area (Å²) in [6, 6.07) is 2.87. The maximum atomic E-state index is 13.7. The van der Waals surface area contributed by atoms with E-state index in [1.54, 1.807) is 11.9 Å². The van der Waals surface area contributed by atoms with E-state index in [4.69, 9.17) is 14.2 Å². The van der Waals surface area contributed by atoms with Gasteiger partial charge in [0.2, 0.25) is 5.72 Å². The van der Waals surface area contributed by atoms with Gasteiger partial charge in [0, 0.05) is 25.0 Å². The molecule has 3 heterocycles. The first-order chi connectivity index (χ1) is 12.3. The third kappa shape index (κ3) is 2.37. The third-order valence-corrected chi connectivity index (χ3v) is 5.29. The van der Waals surface area contributed by atoms with Gasteiger partial charge in [0.25, 0.3) is 5.95 Å². The highest BCUT2D eigenvalue weighted by molar-refractivity contribution is 5.86. The number of hydrogen-bond donors (Lipinski definition) is 2. The number of piperidine rings is 1. The predicted octanol–water partition coefficient (Wildman–Crippen LogP) is -0.831. The lowest BCUT2D eigenvalue weighted by Crippen LogP contribution is -2.56. The lowest BCUT2D eigenvalue weighted by molar-refractivity contribution is -0.211. The Balaban J connectivity index is 1.64. The summed E-state index contributed by atoms with van der Waals surface area (Å²) in [7, 11) is 1.58. The minimum Gasteiger partial charge on any atom is -0.483 e. The van der Waals surface area contributed by atoms with Crippen LogP contribution in [-0.4, -0.2) is 69.3 Å². The number of carbonyl (C=O) groups excluding carboxylic acids is 2. The molecular weight excluding hydrogens is 351 g/mol. The van der Waals surface area contributed by atoms with Crippen LogP contribution >= 0.6 is 0 Å². The van der Waals surface area contributed by atoms with E-state index >= 15 is 0 Å². The number of likely N-dealkylation sites (N-methyl/N-ethyl adjacent to an activating group) is 1. The summed E-state index contributed by atoms with van der Waals surface area (Å²) in [5.74, 6) is -3.36. The standard InChI is InChI=1S/C16H17FN2O7/c1-19-15(7-24-9-3-2-4-18-12(9)17)5-8-6-16(8,19)26-14(23)11(21)10(20)13(22)25-15/h2-4,8,10-11,20-21H,5-7H2,1H3. The fraction of sp³-hybridized carbons (Fsp3) is 0.562. The van der Waals surface area contributed by atoms with E-state index in [9.17, 15) is 24.2 Å². The van der Waals surface area contributed by atoms with Crippen molar-refractivity contribution in [3.8, 4) is 5.75 Å². The van der Waals surface area contributed by atoms with Gasteiger partial charge in [0.1, 0.15) is 6.61 Å². The molecule has 0 aromatic carbocycles. The van der Waals surface area contributed by atoms with Crippen LogP contribution in [0.3, 0.4) is 0 Å². The number of esters is 2. The van der Waals surface area contributed by atoms with Gasteiger partial charge >= 0.3 is 11.9 Å². The van der Waals surface area contributed by atoms with Crippen LogP contribution in [0.4, 0.5) is 4.39 Å². The molecule has 9 nitrogen and oxygen atoms in total. The Morgan fingerprint density at radius 3 is 2.69 bits per heavy atom. The number of aliphatic hydroxyl groups is 2. The molecule has 26 heavy (non-hydrogen) atoms. The van der Waals surface area contributed by atoms with Gasteiger partial charge in [-0.3, -0.25) is 0 Å². The Kier molecular flexibility index (Phi) is 3.69. The molecular formula is C16H17FN2O7. The van der Waals surface area contributed by atoms with Crippen LogP contribution in [0.5, 0.6) is 5.75 Å². The molecule has 5 unspecified atom stereocenters. The molecule has 1 aromatic rings. The van der Waals surface area contributed by atoms with Crippen molar-refractivity contribution in [3.63, 3.8) is 0 Å². The van der Waals surface area contributed by atoms with E-state index in [2.05, 4.69) is 4.98 Å². The highest BCUT2D eigenvalue weighted by atomic mass is 19.1. The van der Waals surface area contributed by atoms with Gasteiger partial charge in [0.05, 0.1) is 0 Å². The molecule has 2 saturated heterocycles. The Morgan fingerprint density at radius 1 is 1.31 bits per heavy atom. The van der Waals surface area contributed by atoms with Gasteiger partial charge in [0.15, 0.2) is 23.7 Å². The zero-order valence-electron chi connectivity index (χ0n) is 13.8. The van der Waals surface area contributed by atoms with Crippen molar-refractivity contribution in [1.29, 1.82) is 0 Å². The monoisotopic (exact) mass is 368 g/mol. The molecule has 2 N–H and O–H groups in total. The average molecular weight is 368 g/mol. The number of pyridine rings is 1. The van der Waals surface area contributed by atoms with Crippen LogP contribution in [0.2, 0.25) is 0 Å². The number of aromatic nitrogens is 1. The predicted molar refractivity (Wildman–Crippen MR) is 79.8 cm³/mol. The average Bonchev–Trinajstić information content (AvgIpc) is 3.24. The highest BCUT2D eigenvalue weighted by Gasteiger charge is 2.75. The molecule has 1 spiro atoms. The topological polar surface area (TPSA) is 118 Å². The molecule has 1 saturated carbocycles. The zero-order chi connectivity index (χ0) is 18.7. The molecule has 3 fully saturated rings. The van der Waals surface area contributed by atoms with E-state index in [0.29, 0.717) is 6.42 Å². The number of rotatable bonds is 3. The number of carbonyl (C=O) groups is 2. The quantitative estimate of drug-likeness (QED) is 0.520. The molecule has 1 aromatic heterocycles. The van der Waals surface area contributed by atoms with Gasteiger partial charge in [-0.25, -0.2) is 19.5 Å². The Morgan fingerprint density at radius 2 is 2.00 bits per heavy atom. The van der Waals surface area contributed by atoms with E-state index in [0.717, 1.165) is 0 Å². The number of ether oxygens (including phenoxy) is 3. The fourth-order valence-electron chi connectivity index (χ4n) is 3.70. The maximum absolute atomic E-state index is 13.7. The van der Waals surface area contributed by atoms with Gasteiger partial charge in [-0.2, -0.15) is 4.39 Å². The summed E-state index contributed by atoms with van der Waals surface area (Å²) in [4.78, 5) is 29.2.